The fourth-order valence-electron chi connectivity index (χ4n) is 1.66. The summed E-state index contributed by atoms with van der Waals surface area (Å²) in [6, 6.07) is 7.82. The number of nitrogens with zero attached hydrogens (tertiary/aromatic N) is 1. The van der Waals surface area contributed by atoms with Crippen LogP contribution < -0.4 is 0 Å². The first-order valence-corrected chi connectivity index (χ1v) is 4.64. The molecule has 14 heavy (non-hydrogen) atoms. The van der Waals surface area contributed by atoms with E-state index in [1.165, 1.54) is 0 Å². The summed E-state index contributed by atoms with van der Waals surface area (Å²) in [7, 11) is 0. The predicted molar refractivity (Wildman–Crippen MR) is 57.0 cm³/mol. The number of fused-ring (bicyclic) bond motifs is 1. The summed E-state index contributed by atoms with van der Waals surface area (Å²) in [5.41, 5.74) is 0.137. The molecule has 0 saturated heterocycles. The maximum Gasteiger partial charge on any atom is 0.0846 e. The summed E-state index contributed by atoms with van der Waals surface area (Å²) in [6.07, 6.45) is 3.56. The first kappa shape index (κ1) is 9.16. The summed E-state index contributed by atoms with van der Waals surface area (Å²) in [5, 5.41) is 12.1. The van der Waals surface area contributed by atoms with Gasteiger partial charge in [0, 0.05) is 17.8 Å². The molecule has 0 saturated carbocycles. The minimum Gasteiger partial charge on any atom is -0.386 e. The van der Waals surface area contributed by atoms with Gasteiger partial charge in [0.05, 0.1) is 5.60 Å². The topological polar surface area (TPSA) is 33.1 Å². The molecule has 0 aliphatic heterocycles. The van der Waals surface area contributed by atoms with E-state index >= 15 is 0 Å². The van der Waals surface area contributed by atoms with Crippen molar-refractivity contribution in [3.05, 3.63) is 42.2 Å². The highest BCUT2D eigenvalue weighted by Gasteiger charge is 2.17. The molecular weight excluding hydrogens is 174 g/mol. The van der Waals surface area contributed by atoms with Crippen LogP contribution in [0, 0.1) is 0 Å². The van der Waals surface area contributed by atoms with Crippen LogP contribution >= 0.6 is 0 Å². The van der Waals surface area contributed by atoms with Crippen molar-refractivity contribution in [2.45, 2.75) is 19.4 Å². The Morgan fingerprint density at radius 2 is 2.00 bits per heavy atom. The molecule has 1 aromatic carbocycles. The Balaban J connectivity index is 2.78. The third-order valence-electron chi connectivity index (χ3n) is 2.34. The number of aromatic nitrogens is 1. The monoisotopic (exact) mass is 187 g/mol. The van der Waals surface area contributed by atoms with Crippen molar-refractivity contribution in [2.24, 2.45) is 0 Å². The van der Waals surface area contributed by atoms with Crippen LogP contribution in [-0.2, 0) is 5.60 Å². The van der Waals surface area contributed by atoms with Crippen LogP contribution in [-0.4, -0.2) is 10.1 Å². The van der Waals surface area contributed by atoms with Crippen molar-refractivity contribution in [1.29, 1.82) is 0 Å². The molecule has 0 amide bonds. The number of hydrogen-bond acceptors (Lipinski definition) is 2. The lowest BCUT2D eigenvalue weighted by Crippen LogP contribution is -2.15. The Kier molecular flexibility index (Phi) is 2.01. The van der Waals surface area contributed by atoms with Gasteiger partial charge in [-0.15, -0.1) is 0 Å². The lowest BCUT2D eigenvalue weighted by molar-refractivity contribution is 0.0802. The largest absolute Gasteiger partial charge is 0.386 e. The zero-order chi connectivity index (χ0) is 10.2. The number of hydrogen-bond donors (Lipinski definition) is 1. The molecule has 0 aliphatic carbocycles. The van der Waals surface area contributed by atoms with Crippen molar-refractivity contribution < 1.29 is 5.11 Å². The normalized spacial score (nSPS) is 11.9. The van der Waals surface area contributed by atoms with Crippen molar-refractivity contribution in [3.63, 3.8) is 0 Å². The molecule has 0 fully saturated rings. The fraction of sp³-hybridized carbons (Fsp3) is 0.250. The minimum atomic E-state index is -0.805. The van der Waals surface area contributed by atoms with Crippen molar-refractivity contribution >= 4 is 10.8 Å². The van der Waals surface area contributed by atoms with Gasteiger partial charge in [0.1, 0.15) is 0 Å². The maximum atomic E-state index is 9.97. The van der Waals surface area contributed by atoms with Gasteiger partial charge in [0.15, 0.2) is 0 Å². The summed E-state index contributed by atoms with van der Waals surface area (Å²) < 4.78 is 0. The van der Waals surface area contributed by atoms with Gasteiger partial charge in [-0.3, -0.25) is 4.98 Å². The Morgan fingerprint density at radius 3 is 2.71 bits per heavy atom. The van der Waals surface area contributed by atoms with Gasteiger partial charge in [-0.1, -0.05) is 18.2 Å². The molecule has 2 aromatic rings. The lowest BCUT2D eigenvalue weighted by atomic mass is 9.93. The second kappa shape index (κ2) is 3.07. The van der Waals surface area contributed by atoms with E-state index in [4.69, 9.17) is 0 Å². The van der Waals surface area contributed by atoms with E-state index in [-0.39, 0.29) is 0 Å². The molecular formula is C12H13NO. The van der Waals surface area contributed by atoms with Crippen molar-refractivity contribution in [2.75, 3.05) is 0 Å². The van der Waals surface area contributed by atoms with Crippen LogP contribution in [0.25, 0.3) is 10.8 Å². The molecule has 1 heterocycles. The molecule has 0 bridgehead atoms. The molecule has 0 spiro atoms. The molecule has 0 atom stereocenters. The molecule has 72 valence electrons. The second-order valence-electron chi connectivity index (χ2n) is 3.96. The van der Waals surface area contributed by atoms with E-state index in [0.717, 1.165) is 16.3 Å². The van der Waals surface area contributed by atoms with Crippen LogP contribution in [0.1, 0.15) is 19.4 Å². The van der Waals surface area contributed by atoms with E-state index in [0.29, 0.717) is 0 Å². The molecule has 1 aromatic heterocycles. The second-order valence-corrected chi connectivity index (χ2v) is 3.96. The molecule has 0 unspecified atom stereocenters. The van der Waals surface area contributed by atoms with Gasteiger partial charge in [0.2, 0.25) is 0 Å². The minimum absolute atomic E-state index is 0.805. The molecule has 0 radical (unpaired) electrons. The Labute approximate surface area is 83.2 Å². The predicted octanol–water partition coefficient (Wildman–Crippen LogP) is 2.46. The zero-order valence-electron chi connectivity index (χ0n) is 8.36. The van der Waals surface area contributed by atoms with Gasteiger partial charge in [0.25, 0.3) is 0 Å². The van der Waals surface area contributed by atoms with Crippen LogP contribution in [0.3, 0.4) is 0 Å². The summed E-state index contributed by atoms with van der Waals surface area (Å²) in [4.78, 5) is 4.05. The van der Waals surface area contributed by atoms with Crippen molar-refractivity contribution in [3.8, 4) is 0 Å². The van der Waals surface area contributed by atoms with E-state index in [2.05, 4.69) is 4.98 Å². The van der Waals surface area contributed by atoms with E-state index in [1.807, 2.05) is 30.5 Å². The Morgan fingerprint density at radius 1 is 1.21 bits per heavy atom. The van der Waals surface area contributed by atoms with Gasteiger partial charge < -0.3 is 5.11 Å². The summed E-state index contributed by atoms with van der Waals surface area (Å²) >= 11 is 0. The number of pyridine rings is 1. The average molecular weight is 187 g/mol. The highest BCUT2D eigenvalue weighted by molar-refractivity contribution is 5.85. The van der Waals surface area contributed by atoms with Gasteiger partial charge in [-0.25, -0.2) is 0 Å². The summed E-state index contributed by atoms with van der Waals surface area (Å²) in [5.74, 6) is 0. The highest BCUT2D eigenvalue weighted by Crippen LogP contribution is 2.27. The van der Waals surface area contributed by atoms with E-state index in [1.54, 1.807) is 20.0 Å². The Bertz CT molecular complexity index is 452. The molecule has 2 nitrogen and oxygen atoms in total. The zero-order valence-corrected chi connectivity index (χ0v) is 8.36. The summed E-state index contributed by atoms with van der Waals surface area (Å²) in [6.45, 7) is 3.59. The molecule has 1 N–H and O–H groups in total. The number of benzene rings is 1. The number of rotatable bonds is 1. The smallest absolute Gasteiger partial charge is 0.0846 e. The third kappa shape index (κ3) is 1.49. The van der Waals surface area contributed by atoms with Crippen LogP contribution in [0.15, 0.2) is 36.7 Å². The first-order chi connectivity index (χ1) is 6.59. The third-order valence-corrected chi connectivity index (χ3v) is 2.34. The van der Waals surface area contributed by atoms with Gasteiger partial charge in [-0.05, 0) is 30.9 Å². The maximum absolute atomic E-state index is 9.97. The quantitative estimate of drug-likeness (QED) is 0.744. The van der Waals surface area contributed by atoms with E-state index in [9.17, 15) is 5.11 Å². The van der Waals surface area contributed by atoms with Crippen LogP contribution in [0.4, 0.5) is 0 Å². The lowest BCUT2D eigenvalue weighted by Gasteiger charge is -2.19. The highest BCUT2D eigenvalue weighted by atomic mass is 16.3. The van der Waals surface area contributed by atoms with Gasteiger partial charge >= 0.3 is 0 Å². The standard InChI is InChI=1S/C12H13NO/c1-12(2,14)11-5-3-4-9-8-13-7-6-10(9)11/h3-8,14H,1-2H3. The number of aliphatic hydroxyl groups is 1. The Hall–Kier alpha value is -1.41. The average Bonchev–Trinajstić information content (AvgIpc) is 2.15. The van der Waals surface area contributed by atoms with Crippen LogP contribution in [0.5, 0.6) is 0 Å². The van der Waals surface area contributed by atoms with Gasteiger partial charge in [-0.2, -0.15) is 0 Å². The molecule has 2 rings (SSSR count). The SMILES string of the molecule is CC(C)(O)c1cccc2cnccc12. The molecule has 0 aliphatic rings. The van der Waals surface area contributed by atoms with Crippen molar-refractivity contribution in [1.82, 2.24) is 4.98 Å². The van der Waals surface area contributed by atoms with Crippen LogP contribution in [0.2, 0.25) is 0 Å². The fourth-order valence-corrected chi connectivity index (χ4v) is 1.66. The first-order valence-electron chi connectivity index (χ1n) is 4.64. The molecule has 2 heteroatoms. The van der Waals surface area contributed by atoms with E-state index < -0.39 is 5.60 Å².